The van der Waals surface area contributed by atoms with E-state index in [1.807, 2.05) is 30.3 Å². The zero-order valence-corrected chi connectivity index (χ0v) is 6.73. The number of carbonyl (C=O) groups excluding carboxylic acids is 1. The first kappa shape index (κ1) is 10.4. The molecule has 0 amide bonds. The second-order valence-corrected chi connectivity index (χ2v) is 1.88. The summed E-state index contributed by atoms with van der Waals surface area (Å²) >= 11 is 0. The van der Waals surface area contributed by atoms with Crippen LogP contribution in [-0.4, -0.2) is 6.29 Å². The standard InChI is InChI=1S/C6H8N2.C3H4O/c7-8-6-4-2-1-3-5-6;1-2-3-4/h1-5,8H,7H2;2-3H,1H2. The molecule has 1 aromatic carbocycles. The molecule has 0 bridgehead atoms. The fraction of sp³-hybridized carbons (Fsp3) is 0. The van der Waals surface area contributed by atoms with Gasteiger partial charge in [-0.15, -0.1) is 0 Å². The monoisotopic (exact) mass is 164 g/mol. The Morgan fingerprint density at radius 2 is 1.83 bits per heavy atom. The summed E-state index contributed by atoms with van der Waals surface area (Å²) in [5.74, 6) is 5.10. The Kier molecular flexibility index (Phi) is 6.49. The van der Waals surface area contributed by atoms with Gasteiger partial charge >= 0.3 is 0 Å². The van der Waals surface area contributed by atoms with Crippen molar-refractivity contribution in [2.24, 2.45) is 5.84 Å². The van der Waals surface area contributed by atoms with Crippen LogP contribution in [0.4, 0.5) is 5.69 Å². The van der Waals surface area contributed by atoms with Crippen molar-refractivity contribution in [2.45, 2.75) is 0 Å². The van der Waals surface area contributed by atoms with Crippen LogP contribution in [0, 0.1) is 0 Å². The SMILES string of the molecule is C=CC=O.NNc1ccccc1. The molecule has 0 aliphatic rings. The second-order valence-electron chi connectivity index (χ2n) is 1.88. The molecule has 64 valence electrons. The average molecular weight is 164 g/mol. The highest BCUT2D eigenvalue weighted by Gasteiger charge is 1.78. The molecule has 0 saturated carbocycles. The number of hydrogen-bond acceptors (Lipinski definition) is 3. The van der Waals surface area contributed by atoms with Gasteiger partial charge in [0.05, 0.1) is 0 Å². The van der Waals surface area contributed by atoms with Crippen molar-refractivity contribution < 1.29 is 4.79 Å². The van der Waals surface area contributed by atoms with Crippen molar-refractivity contribution in [3.8, 4) is 0 Å². The Balaban J connectivity index is 0.000000261. The highest BCUT2D eigenvalue weighted by molar-refractivity contribution is 5.63. The van der Waals surface area contributed by atoms with Gasteiger partial charge in [0.1, 0.15) is 6.29 Å². The quantitative estimate of drug-likeness (QED) is 0.300. The number of hydrogen-bond donors (Lipinski definition) is 2. The topological polar surface area (TPSA) is 55.1 Å². The minimum atomic E-state index is 0.639. The fourth-order valence-corrected chi connectivity index (χ4v) is 0.534. The number of anilines is 1. The molecule has 0 atom stereocenters. The molecular weight excluding hydrogens is 152 g/mol. The first-order valence-electron chi connectivity index (χ1n) is 3.43. The number of allylic oxidation sites excluding steroid dienone is 1. The van der Waals surface area contributed by atoms with Gasteiger partial charge in [0.25, 0.3) is 0 Å². The number of aldehydes is 1. The number of nitrogen functional groups attached to an aromatic ring is 1. The van der Waals surface area contributed by atoms with Gasteiger partial charge in [-0.2, -0.15) is 0 Å². The van der Waals surface area contributed by atoms with Crippen molar-refractivity contribution in [2.75, 3.05) is 5.43 Å². The molecule has 0 aliphatic heterocycles. The molecule has 0 heterocycles. The number of para-hydroxylation sites is 1. The molecule has 1 rings (SSSR count). The van der Waals surface area contributed by atoms with Crippen molar-refractivity contribution in [1.82, 2.24) is 0 Å². The maximum Gasteiger partial charge on any atom is 0.142 e. The van der Waals surface area contributed by atoms with Crippen molar-refractivity contribution in [3.05, 3.63) is 43.0 Å². The Bertz CT molecular complexity index is 215. The average Bonchev–Trinajstić information content (AvgIpc) is 2.19. The molecule has 3 N–H and O–H groups in total. The molecule has 0 spiro atoms. The predicted molar refractivity (Wildman–Crippen MR) is 50.5 cm³/mol. The van der Waals surface area contributed by atoms with E-state index in [4.69, 9.17) is 10.6 Å². The van der Waals surface area contributed by atoms with Crippen LogP contribution in [0.25, 0.3) is 0 Å². The summed E-state index contributed by atoms with van der Waals surface area (Å²) in [4.78, 5) is 9.06. The third-order valence-electron chi connectivity index (χ3n) is 1.04. The Morgan fingerprint density at radius 3 is 2.08 bits per heavy atom. The number of hydrazine groups is 1. The summed E-state index contributed by atoms with van der Waals surface area (Å²) in [6.45, 7) is 3.11. The molecule has 3 heteroatoms. The fourth-order valence-electron chi connectivity index (χ4n) is 0.534. The number of nitrogens with two attached hydrogens (primary N) is 1. The molecule has 0 saturated heterocycles. The van der Waals surface area contributed by atoms with Crippen LogP contribution in [0.15, 0.2) is 43.0 Å². The summed E-state index contributed by atoms with van der Waals surface area (Å²) in [6.07, 6.45) is 1.83. The third-order valence-corrected chi connectivity index (χ3v) is 1.04. The van der Waals surface area contributed by atoms with Gasteiger partial charge in [-0.1, -0.05) is 24.8 Å². The van der Waals surface area contributed by atoms with Crippen molar-refractivity contribution in [1.29, 1.82) is 0 Å². The van der Waals surface area contributed by atoms with Crippen LogP contribution < -0.4 is 11.3 Å². The van der Waals surface area contributed by atoms with E-state index in [2.05, 4.69) is 12.0 Å². The van der Waals surface area contributed by atoms with E-state index in [1.165, 1.54) is 6.08 Å². The minimum Gasteiger partial charge on any atom is -0.324 e. The van der Waals surface area contributed by atoms with Gasteiger partial charge in [-0.05, 0) is 18.2 Å². The van der Waals surface area contributed by atoms with Gasteiger partial charge < -0.3 is 5.43 Å². The Morgan fingerprint density at radius 1 is 1.33 bits per heavy atom. The largest absolute Gasteiger partial charge is 0.324 e. The maximum atomic E-state index is 9.06. The van der Waals surface area contributed by atoms with Crippen molar-refractivity contribution >= 4 is 12.0 Å². The van der Waals surface area contributed by atoms with Gasteiger partial charge in [-0.3, -0.25) is 10.6 Å². The predicted octanol–water partition coefficient (Wildman–Crippen LogP) is 1.34. The summed E-state index contributed by atoms with van der Waals surface area (Å²) in [5.41, 5.74) is 3.46. The second kappa shape index (κ2) is 7.50. The number of carbonyl (C=O) groups is 1. The Hall–Kier alpha value is -1.61. The molecule has 0 fully saturated rings. The summed E-state index contributed by atoms with van der Waals surface area (Å²) in [7, 11) is 0. The van der Waals surface area contributed by atoms with E-state index < -0.39 is 0 Å². The number of benzene rings is 1. The van der Waals surface area contributed by atoms with Gasteiger partial charge in [-0.25, -0.2) is 0 Å². The van der Waals surface area contributed by atoms with E-state index in [0.29, 0.717) is 6.29 Å². The summed E-state index contributed by atoms with van der Waals surface area (Å²) < 4.78 is 0. The Labute approximate surface area is 71.9 Å². The minimum absolute atomic E-state index is 0.639. The lowest BCUT2D eigenvalue weighted by atomic mass is 10.3. The molecule has 3 nitrogen and oxygen atoms in total. The summed E-state index contributed by atoms with van der Waals surface area (Å²) in [6, 6.07) is 9.60. The zero-order chi connectivity index (χ0) is 9.23. The first-order valence-corrected chi connectivity index (χ1v) is 3.43. The highest BCUT2D eigenvalue weighted by atomic mass is 16.1. The van der Waals surface area contributed by atoms with E-state index >= 15 is 0 Å². The van der Waals surface area contributed by atoms with Gasteiger partial charge in [0, 0.05) is 5.69 Å². The van der Waals surface area contributed by atoms with Crippen LogP contribution in [0.5, 0.6) is 0 Å². The van der Waals surface area contributed by atoms with Crippen LogP contribution in [0.3, 0.4) is 0 Å². The maximum absolute atomic E-state index is 9.06. The molecule has 0 radical (unpaired) electrons. The van der Waals surface area contributed by atoms with E-state index in [-0.39, 0.29) is 0 Å². The number of rotatable bonds is 2. The lowest BCUT2D eigenvalue weighted by Crippen LogP contribution is -2.05. The third kappa shape index (κ3) is 5.20. The zero-order valence-electron chi connectivity index (χ0n) is 6.73. The van der Waals surface area contributed by atoms with Crippen LogP contribution in [0.1, 0.15) is 0 Å². The van der Waals surface area contributed by atoms with E-state index in [1.54, 1.807) is 0 Å². The first-order chi connectivity index (χ1) is 5.85. The van der Waals surface area contributed by atoms with Crippen LogP contribution >= 0.6 is 0 Å². The lowest BCUT2D eigenvalue weighted by molar-refractivity contribution is -0.104. The smallest absolute Gasteiger partial charge is 0.142 e. The molecular formula is C9H12N2O. The highest BCUT2D eigenvalue weighted by Crippen LogP contribution is 2.00. The molecule has 0 aliphatic carbocycles. The van der Waals surface area contributed by atoms with Crippen LogP contribution in [0.2, 0.25) is 0 Å². The molecule has 0 unspecified atom stereocenters. The van der Waals surface area contributed by atoms with E-state index in [0.717, 1.165) is 5.69 Å². The number of nitrogens with one attached hydrogen (secondary N) is 1. The van der Waals surface area contributed by atoms with Crippen molar-refractivity contribution in [3.63, 3.8) is 0 Å². The normalized spacial score (nSPS) is 7.42. The molecule has 0 aromatic heterocycles. The van der Waals surface area contributed by atoms with Crippen LogP contribution in [-0.2, 0) is 4.79 Å². The molecule has 12 heavy (non-hydrogen) atoms. The molecule has 1 aromatic rings. The summed E-state index contributed by atoms with van der Waals surface area (Å²) in [5, 5.41) is 0. The van der Waals surface area contributed by atoms with Gasteiger partial charge in [0.2, 0.25) is 0 Å². The van der Waals surface area contributed by atoms with Gasteiger partial charge in [0.15, 0.2) is 0 Å². The lowest BCUT2D eigenvalue weighted by Gasteiger charge is -1.94. The van der Waals surface area contributed by atoms with E-state index in [9.17, 15) is 0 Å².